The number of hydrogen-bond donors (Lipinski definition) is 1. The lowest BCUT2D eigenvalue weighted by Gasteiger charge is -2.40. The van der Waals surface area contributed by atoms with Crippen molar-refractivity contribution in [2.45, 2.75) is 25.6 Å². The molecule has 1 amide bonds. The summed E-state index contributed by atoms with van der Waals surface area (Å²) < 4.78 is 37.6. The summed E-state index contributed by atoms with van der Waals surface area (Å²) in [7, 11) is 0. The van der Waals surface area contributed by atoms with Crippen LogP contribution in [0.15, 0.2) is 12.4 Å². The molecule has 2 aliphatic rings. The number of carbonyl (C=O) groups is 1. The standard InChI is InChI=1S/C14H18F3N5O/c1-9(13(23)21-3-2-4-21)20-11-5-12(19-8-18-11)22-6-10(7-22)14(15,16)17/h5,8-10H,2-4,6-7H2,1H3,(H,18,19,20)/t9-/m1/s1. The van der Waals surface area contributed by atoms with E-state index in [0.717, 1.165) is 19.5 Å². The molecule has 2 aliphatic heterocycles. The zero-order chi connectivity index (χ0) is 16.6. The number of hydrogen-bond acceptors (Lipinski definition) is 5. The quantitative estimate of drug-likeness (QED) is 0.907. The van der Waals surface area contributed by atoms with Crippen molar-refractivity contribution in [1.29, 1.82) is 0 Å². The van der Waals surface area contributed by atoms with Crippen LogP contribution in [0.4, 0.5) is 24.8 Å². The van der Waals surface area contributed by atoms with E-state index in [4.69, 9.17) is 0 Å². The van der Waals surface area contributed by atoms with Gasteiger partial charge in [0.1, 0.15) is 24.0 Å². The number of alkyl halides is 3. The first kappa shape index (κ1) is 15.8. The summed E-state index contributed by atoms with van der Waals surface area (Å²) in [6, 6.07) is 1.14. The molecule has 1 aromatic rings. The second kappa shape index (κ2) is 5.86. The summed E-state index contributed by atoms with van der Waals surface area (Å²) in [6.07, 6.45) is -1.85. The molecule has 1 atom stereocenters. The fourth-order valence-electron chi connectivity index (χ4n) is 2.57. The first-order valence-corrected chi connectivity index (χ1v) is 7.53. The van der Waals surface area contributed by atoms with E-state index in [1.54, 1.807) is 22.8 Å². The first-order chi connectivity index (χ1) is 10.8. The van der Waals surface area contributed by atoms with Gasteiger partial charge in [0.05, 0.1) is 5.92 Å². The Hall–Kier alpha value is -2.06. The van der Waals surface area contributed by atoms with E-state index in [1.165, 1.54) is 6.33 Å². The number of nitrogens with one attached hydrogen (secondary N) is 1. The van der Waals surface area contributed by atoms with Gasteiger partial charge in [0.2, 0.25) is 5.91 Å². The summed E-state index contributed by atoms with van der Waals surface area (Å²) in [6.45, 7) is 3.09. The highest BCUT2D eigenvalue weighted by Gasteiger charge is 2.47. The molecule has 0 bridgehead atoms. The average Bonchev–Trinajstić information content (AvgIpc) is 2.33. The van der Waals surface area contributed by atoms with Gasteiger partial charge in [-0.15, -0.1) is 0 Å². The van der Waals surface area contributed by atoms with Gasteiger partial charge in [-0.3, -0.25) is 4.79 Å². The van der Waals surface area contributed by atoms with Crippen molar-refractivity contribution in [3.63, 3.8) is 0 Å². The molecule has 6 nitrogen and oxygen atoms in total. The summed E-state index contributed by atoms with van der Waals surface area (Å²) in [5, 5.41) is 2.98. The van der Waals surface area contributed by atoms with E-state index in [1.807, 2.05) is 0 Å². The van der Waals surface area contributed by atoms with Crippen molar-refractivity contribution in [3.05, 3.63) is 12.4 Å². The molecule has 0 aliphatic carbocycles. The molecule has 2 saturated heterocycles. The number of halogens is 3. The molecule has 0 unspecified atom stereocenters. The molecule has 0 spiro atoms. The monoisotopic (exact) mass is 329 g/mol. The zero-order valence-corrected chi connectivity index (χ0v) is 12.7. The third-order valence-corrected chi connectivity index (χ3v) is 4.22. The molecule has 9 heteroatoms. The van der Waals surface area contributed by atoms with Crippen LogP contribution in [0.25, 0.3) is 0 Å². The maximum atomic E-state index is 12.5. The van der Waals surface area contributed by atoms with Gasteiger partial charge in [0, 0.05) is 32.2 Å². The Morgan fingerprint density at radius 3 is 2.61 bits per heavy atom. The number of carbonyl (C=O) groups excluding carboxylic acids is 1. The number of amides is 1. The van der Waals surface area contributed by atoms with E-state index < -0.39 is 18.1 Å². The molecule has 3 rings (SSSR count). The smallest absolute Gasteiger partial charge is 0.358 e. The number of rotatable bonds is 4. The Bertz CT molecular complexity index is 584. The van der Waals surface area contributed by atoms with Crippen molar-refractivity contribution in [2.75, 3.05) is 36.4 Å². The van der Waals surface area contributed by atoms with Crippen molar-refractivity contribution in [2.24, 2.45) is 5.92 Å². The molecular weight excluding hydrogens is 311 g/mol. The van der Waals surface area contributed by atoms with Gasteiger partial charge in [-0.25, -0.2) is 9.97 Å². The Morgan fingerprint density at radius 2 is 2.04 bits per heavy atom. The van der Waals surface area contributed by atoms with E-state index in [0.29, 0.717) is 11.6 Å². The normalized spacial score (nSPS) is 19.8. The van der Waals surface area contributed by atoms with Gasteiger partial charge in [0.15, 0.2) is 0 Å². The lowest BCUT2D eigenvalue weighted by Crippen LogP contribution is -2.53. The summed E-state index contributed by atoms with van der Waals surface area (Å²) >= 11 is 0. The Labute approximate surface area is 131 Å². The first-order valence-electron chi connectivity index (χ1n) is 7.53. The second-order valence-electron chi connectivity index (χ2n) is 5.95. The minimum atomic E-state index is -4.16. The maximum absolute atomic E-state index is 12.5. The molecule has 0 radical (unpaired) electrons. The van der Waals surface area contributed by atoms with Crippen LogP contribution in [0, 0.1) is 5.92 Å². The molecule has 1 N–H and O–H groups in total. The summed E-state index contributed by atoms with van der Waals surface area (Å²) in [5.41, 5.74) is 0. The van der Waals surface area contributed by atoms with E-state index in [2.05, 4.69) is 15.3 Å². The molecule has 1 aromatic heterocycles. The summed E-state index contributed by atoms with van der Waals surface area (Å²) in [5.74, 6) is -0.434. The number of aromatic nitrogens is 2. The lowest BCUT2D eigenvalue weighted by atomic mass is 10.00. The molecule has 3 heterocycles. The summed E-state index contributed by atoms with van der Waals surface area (Å²) in [4.78, 5) is 23.4. The van der Waals surface area contributed by atoms with Crippen LogP contribution in [0.3, 0.4) is 0 Å². The molecule has 23 heavy (non-hydrogen) atoms. The number of anilines is 2. The van der Waals surface area contributed by atoms with Crippen LogP contribution < -0.4 is 10.2 Å². The fraction of sp³-hybridized carbons (Fsp3) is 0.643. The van der Waals surface area contributed by atoms with E-state index in [-0.39, 0.29) is 19.0 Å². The van der Waals surface area contributed by atoms with Crippen LogP contribution in [0.2, 0.25) is 0 Å². The van der Waals surface area contributed by atoms with Crippen LogP contribution in [0.5, 0.6) is 0 Å². The molecule has 0 aromatic carbocycles. The zero-order valence-electron chi connectivity index (χ0n) is 12.7. The molecular formula is C14H18F3N5O. The van der Waals surface area contributed by atoms with Crippen molar-refractivity contribution in [3.8, 4) is 0 Å². The highest BCUT2D eigenvalue weighted by atomic mass is 19.4. The third-order valence-electron chi connectivity index (χ3n) is 4.22. The third kappa shape index (κ3) is 3.32. The largest absolute Gasteiger partial charge is 0.395 e. The SMILES string of the molecule is C[C@@H](Nc1cc(N2CC(C(F)(F)F)C2)ncn1)C(=O)N1CCC1. The van der Waals surface area contributed by atoms with Gasteiger partial charge in [-0.1, -0.05) is 0 Å². The maximum Gasteiger partial charge on any atom is 0.395 e. The Morgan fingerprint density at radius 1 is 1.35 bits per heavy atom. The predicted octanol–water partition coefficient (Wildman–Crippen LogP) is 1.51. The Balaban J connectivity index is 1.59. The van der Waals surface area contributed by atoms with Crippen LogP contribution in [0.1, 0.15) is 13.3 Å². The minimum absolute atomic E-state index is 0.00232. The molecule has 126 valence electrons. The van der Waals surface area contributed by atoms with Gasteiger partial charge in [-0.05, 0) is 13.3 Å². The number of likely N-dealkylation sites (tertiary alicyclic amines) is 1. The molecule has 2 fully saturated rings. The molecule has 0 saturated carbocycles. The number of nitrogens with zero attached hydrogens (tertiary/aromatic N) is 4. The highest BCUT2D eigenvalue weighted by molar-refractivity contribution is 5.84. The topological polar surface area (TPSA) is 61.4 Å². The second-order valence-corrected chi connectivity index (χ2v) is 5.95. The van der Waals surface area contributed by atoms with E-state index >= 15 is 0 Å². The van der Waals surface area contributed by atoms with Gasteiger partial charge in [0.25, 0.3) is 0 Å². The fourth-order valence-corrected chi connectivity index (χ4v) is 2.57. The van der Waals surface area contributed by atoms with E-state index in [9.17, 15) is 18.0 Å². The average molecular weight is 329 g/mol. The Kier molecular flexibility index (Phi) is 4.03. The van der Waals surface area contributed by atoms with Gasteiger partial charge < -0.3 is 15.1 Å². The highest BCUT2D eigenvalue weighted by Crippen LogP contribution is 2.35. The predicted molar refractivity (Wildman–Crippen MR) is 78.1 cm³/mol. The van der Waals surface area contributed by atoms with Crippen LogP contribution in [-0.4, -0.2) is 59.2 Å². The minimum Gasteiger partial charge on any atom is -0.358 e. The lowest BCUT2D eigenvalue weighted by molar-refractivity contribution is -0.180. The van der Waals surface area contributed by atoms with Gasteiger partial charge >= 0.3 is 6.18 Å². The van der Waals surface area contributed by atoms with Crippen LogP contribution in [-0.2, 0) is 4.79 Å². The van der Waals surface area contributed by atoms with Gasteiger partial charge in [-0.2, -0.15) is 13.2 Å². The van der Waals surface area contributed by atoms with Crippen molar-refractivity contribution < 1.29 is 18.0 Å². The van der Waals surface area contributed by atoms with Crippen molar-refractivity contribution >= 4 is 17.5 Å². The van der Waals surface area contributed by atoms with Crippen molar-refractivity contribution in [1.82, 2.24) is 14.9 Å². The van der Waals surface area contributed by atoms with Crippen LogP contribution >= 0.6 is 0 Å².